The highest BCUT2D eigenvalue weighted by Crippen LogP contribution is 2.22. The predicted octanol–water partition coefficient (Wildman–Crippen LogP) is 3.64. The largest absolute Gasteiger partial charge is 0.352 e. The Bertz CT molecular complexity index is 806. The molecule has 0 fully saturated rings. The van der Waals surface area contributed by atoms with Crippen molar-refractivity contribution < 1.29 is 14.5 Å². The third-order valence-corrected chi connectivity index (χ3v) is 3.59. The number of rotatable bonds is 6. The molecule has 130 valence electrons. The lowest BCUT2D eigenvalue weighted by Gasteiger charge is -2.12. The average Bonchev–Trinajstić information content (AvgIpc) is 2.59. The van der Waals surface area contributed by atoms with Gasteiger partial charge in [0.15, 0.2) is 0 Å². The molecule has 0 aliphatic heterocycles. The Morgan fingerprint density at radius 3 is 2.40 bits per heavy atom. The molecule has 0 unspecified atom stereocenters. The van der Waals surface area contributed by atoms with Gasteiger partial charge in [0, 0.05) is 29.3 Å². The van der Waals surface area contributed by atoms with Crippen LogP contribution in [0, 0.1) is 10.1 Å². The van der Waals surface area contributed by atoms with Crippen molar-refractivity contribution in [3.05, 3.63) is 68.7 Å². The maximum atomic E-state index is 12.3. The maximum absolute atomic E-state index is 12.3. The summed E-state index contributed by atoms with van der Waals surface area (Å²) in [6, 6.07) is 9.72. The highest BCUT2D eigenvalue weighted by Gasteiger charge is 2.15. The van der Waals surface area contributed by atoms with Gasteiger partial charge in [-0.3, -0.25) is 19.7 Å². The van der Waals surface area contributed by atoms with Gasteiger partial charge in [0.25, 0.3) is 17.5 Å². The van der Waals surface area contributed by atoms with Gasteiger partial charge in [-0.1, -0.05) is 18.5 Å². The van der Waals surface area contributed by atoms with Crippen molar-refractivity contribution in [2.45, 2.75) is 13.3 Å². The van der Waals surface area contributed by atoms with E-state index in [1.807, 2.05) is 6.92 Å². The molecule has 0 spiro atoms. The molecule has 0 aromatic heterocycles. The lowest BCUT2D eigenvalue weighted by molar-refractivity contribution is -0.384. The molecule has 2 aromatic carbocycles. The molecule has 0 bridgehead atoms. The fourth-order valence-electron chi connectivity index (χ4n) is 2.08. The first-order chi connectivity index (χ1) is 11.9. The van der Waals surface area contributed by atoms with Crippen LogP contribution in [0.4, 0.5) is 11.4 Å². The van der Waals surface area contributed by atoms with Gasteiger partial charge >= 0.3 is 0 Å². The van der Waals surface area contributed by atoms with Gasteiger partial charge in [-0.05, 0) is 36.8 Å². The van der Waals surface area contributed by atoms with Gasteiger partial charge in [-0.15, -0.1) is 0 Å². The zero-order chi connectivity index (χ0) is 18.4. The summed E-state index contributed by atoms with van der Waals surface area (Å²) in [6.45, 7) is 2.44. The molecular formula is C17H16ClN3O4. The van der Waals surface area contributed by atoms with Gasteiger partial charge in [0.1, 0.15) is 0 Å². The Morgan fingerprint density at radius 1 is 1.12 bits per heavy atom. The van der Waals surface area contributed by atoms with Crippen molar-refractivity contribution in [3.63, 3.8) is 0 Å². The molecule has 2 N–H and O–H groups in total. The summed E-state index contributed by atoms with van der Waals surface area (Å²) in [5.74, 6) is -0.820. The van der Waals surface area contributed by atoms with E-state index in [0.717, 1.165) is 6.42 Å². The van der Waals surface area contributed by atoms with E-state index in [1.165, 1.54) is 36.4 Å². The van der Waals surface area contributed by atoms with E-state index >= 15 is 0 Å². The Morgan fingerprint density at radius 2 is 1.80 bits per heavy atom. The number of anilines is 1. The third-order valence-electron chi connectivity index (χ3n) is 3.35. The van der Waals surface area contributed by atoms with Crippen LogP contribution in [0.15, 0.2) is 42.5 Å². The number of amides is 2. The van der Waals surface area contributed by atoms with Crippen LogP contribution in [0.3, 0.4) is 0 Å². The molecule has 25 heavy (non-hydrogen) atoms. The van der Waals surface area contributed by atoms with Crippen molar-refractivity contribution >= 4 is 34.8 Å². The highest BCUT2D eigenvalue weighted by molar-refractivity contribution is 6.31. The first-order valence-electron chi connectivity index (χ1n) is 7.56. The number of nitrogens with zero attached hydrogens (tertiary/aromatic N) is 1. The molecule has 2 amide bonds. The summed E-state index contributed by atoms with van der Waals surface area (Å²) in [7, 11) is 0. The molecule has 0 radical (unpaired) electrons. The molecule has 0 saturated carbocycles. The van der Waals surface area contributed by atoms with Crippen molar-refractivity contribution in [2.24, 2.45) is 0 Å². The molecule has 0 saturated heterocycles. The summed E-state index contributed by atoms with van der Waals surface area (Å²) in [5, 5.41) is 16.4. The van der Waals surface area contributed by atoms with Crippen LogP contribution >= 0.6 is 11.6 Å². The Balaban J connectivity index is 2.23. The number of halogens is 1. The topological polar surface area (TPSA) is 101 Å². The van der Waals surface area contributed by atoms with E-state index in [9.17, 15) is 19.7 Å². The number of non-ortho nitro benzene ring substituents is 1. The average molecular weight is 362 g/mol. The molecule has 8 heteroatoms. The normalized spacial score (nSPS) is 10.2. The van der Waals surface area contributed by atoms with Crippen molar-refractivity contribution in [3.8, 4) is 0 Å². The molecule has 2 rings (SSSR count). The van der Waals surface area contributed by atoms with Crippen LogP contribution in [0.25, 0.3) is 0 Å². The highest BCUT2D eigenvalue weighted by atomic mass is 35.5. The molecule has 0 aliphatic carbocycles. The minimum Gasteiger partial charge on any atom is -0.352 e. The molecule has 2 aromatic rings. The fourth-order valence-corrected chi connectivity index (χ4v) is 2.25. The molecule has 0 aliphatic rings. The van der Waals surface area contributed by atoms with Gasteiger partial charge in [-0.25, -0.2) is 0 Å². The summed E-state index contributed by atoms with van der Waals surface area (Å²) in [5.41, 5.74) is 0.669. The first-order valence-corrected chi connectivity index (χ1v) is 7.93. The van der Waals surface area contributed by atoms with Crippen molar-refractivity contribution in [2.75, 3.05) is 11.9 Å². The Kier molecular flexibility index (Phi) is 6.08. The predicted molar refractivity (Wildman–Crippen MR) is 95.1 cm³/mol. The molecule has 0 atom stereocenters. The van der Waals surface area contributed by atoms with E-state index < -0.39 is 10.8 Å². The number of hydrogen-bond donors (Lipinski definition) is 2. The van der Waals surface area contributed by atoms with Gasteiger partial charge < -0.3 is 10.6 Å². The number of nitro groups is 1. The van der Waals surface area contributed by atoms with E-state index in [1.54, 1.807) is 6.07 Å². The minimum absolute atomic E-state index is 0.112. The van der Waals surface area contributed by atoms with Crippen LogP contribution in [0.2, 0.25) is 5.02 Å². The SMILES string of the molecule is CCCNC(=O)c1ccc(Cl)cc1NC(=O)c1ccc([N+](=O)[O-])cc1. The van der Waals surface area contributed by atoms with E-state index in [4.69, 9.17) is 11.6 Å². The lowest BCUT2D eigenvalue weighted by atomic mass is 10.1. The zero-order valence-electron chi connectivity index (χ0n) is 13.4. The van der Waals surface area contributed by atoms with Gasteiger partial charge in [0.2, 0.25) is 0 Å². The Hall–Kier alpha value is -2.93. The number of carbonyl (C=O) groups excluding carboxylic acids is 2. The van der Waals surface area contributed by atoms with Crippen LogP contribution in [0.1, 0.15) is 34.1 Å². The second kappa shape index (κ2) is 8.25. The standard InChI is InChI=1S/C17H16ClN3O4/c1-2-9-19-17(23)14-8-5-12(18)10-15(14)20-16(22)11-3-6-13(7-4-11)21(24)25/h3-8,10H,2,9H2,1H3,(H,19,23)(H,20,22). The fraction of sp³-hybridized carbons (Fsp3) is 0.176. The minimum atomic E-state index is -0.547. The zero-order valence-corrected chi connectivity index (χ0v) is 14.2. The van der Waals surface area contributed by atoms with E-state index in [0.29, 0.717) is 11.6 Å². The van der Waals surface area contributed by atoms with E-state index in [-0.39, 0.29) is 28.4 Å². The number of carbonyl (C=O) groups is 2. The molecular weight excluding hydrogens is 346 g/mol. The van der Waals surface area contributed by atoms with Gasteiger partial charge in [0.05, 0.1) is 16.2 Å². The lowest BCUT2D eigenvalue weighted by Crippen LogP contribution is -2.25. The summed E-state index contributed by atoms with van der Waals surface area (Å²) in [4.78, 5) is 34.6. The second-order valence-electron chi connectivity index (χ2n) is 5.20. The summed E-state index contributed by atoms with van der Waals surface area (Å²) >= 11 is 5.95. The Labute approximate surface area is 149 Å². The molecule has 0 heterocycles. The number of nitrogens with one attached hydrogen (secondary N) is 2. The van der Waals surface area contributed by atoms with Gasteiger partial charge in [-0.2, -0.15) is 0 Å². The van der Waals surface area contributed by atoms with Crippen LogP contribution in [-0.4, -0.2) is 23.3 Å². The van der Waals surface area contributed by atoms with Crippen molar-refractivity contribution in [1.29, 1.82) is 0 Å². The van der Waals surface area contributed by atoms with Crippen LogP contribution in [-0.2, 0) is 0 Å². The number of benzene rings is 2. The van der Waals surface area contributed by atoms with Crippen LogP contribution in [0.5, 0.6) is 0 Å². The summed E-state index contributed by atoms with van der Waals surface area (Å²) in [6.07, 6.45) is 0.782. The third kappa shape index (κ3) is 4.77. The smallest absolute Gasteiger partial charge is 0.269 e. The van der Waals surface area contributed by atoms with E-state index in [2.05, 4.69) is 10.6 Å². The number of nitro benzene ring substituents is 1. The monoisotopic (exact) mass is 361 g/mol. The first kappa shape index (κ1) is 18.4. The van der Waals surface area contributed by atoms with Crippen LogP contribution < -0.4 is 10.6 Å². The van der Waals surface area contributed by atoms with Crippen molar-refractivity contribution in [1.82, 2.24) is 5.32 Å². The quantitative estimate of drug-likeness (QED) is 0.605. The summed E-state index contributed by atoms with van der Waals surface area (Å²) < 4.78 is 0. The second-order valence-corrected chi connectivity index (χ2v) is 5.64. The molecule has 7 nitrogen and oxygen atoms in total. The number of hydrogen-bond acceptors (Lipinski definition) is 4. The maximum Gasteiger partial charge on any atom is 0.269 e.